The first-order valence-corrected chi connectivity index (χ1v) is 13.5. The van der Waals surface area contributed by atoms with E-state index in [1.807, 2.05) is 23.1 Å². The van der Waals surface area contributed by atoms with Crippen LogP contribution in [0.15, 0.2) is 60.7 Å². The summed E-state index contributed by atoms with van der Waals surface area (Å²) in [5, 5.41) is 0. The second kappa shape index (κ2) is 11.3. The lowest BCUT2D eigenvalue weighted by molar-refractivity contribution is -0.138. The van der Waals surface area contributed by atoms with Crippen molar-refractivity contribution in [2.75, 3.05) is 45.8 Å². The summed E-state index contributed by atoms with van der Waals surface area (Å²) in [6.07, 6.45) is 5.29. The lowest BCUT2D eigenvalue weighted by Gasteiger charge is -2.38. The van der Waals surface area contributed by atoms with Crippen LogP contribution in [0.3, 0.4) is 0 Å². The number of piperidine rings is 1. The molecular weight excluding hydrogens is 453 g/mol. The summed E-state index contributed by atoms with van der Waals surface area (Å²) in [7, 11) is -3.61. The van der Waals surface area contributed by atoms with Gasteiger partial charge in [0.15, 0.2) is 0 Å². The van der Waals surface area contributed by atoms with Crippen LogP contribution in [0.4, 0.5) is 4.39 Å². The topological polar surface area (TPSA) is 60.9 Å². The Morgan fingerprint density at radius 1 is 0.912 bits per heavy atom. The summed E-state index contributed by atoms with van der Waals surface area (Å²) in [5.41, 5.74) is 1.36. The van der Waals surface area contributed by atoms with Gasteiger partial charge in [0.05, 0.1) is 5.75 Å². The number of piperazine rings is 1. The van der Waals surface area contributed by atoms with Crippen LogP contribution < -0.4 is 0 Å². The van der Waals surface area contributed by atoms with Crippen LogP contribution in [-0.4, -0.2) is 74.2 Å². The third kappa shape index (κ3) is 6.31. The van der Waals surface area contributed by atoms with Crippen molar-refractivity contribution in [1.29, 1.82) is 0 Å². The number of rotatable bonds is 7. The minimum Gasteiger partial charge on any atom is -0.340 e. The minimum absolute atomic E-state index is 0.130. The van der Waals surface area contributed by atoms with E-state index >= 15 is 0 Å². The number of carbonyl (C=O) groups is 1. The zero-order valence-electron chi connectivity index (χ0n) is 19.4. The second-order valence-corrected chi connectivity index (χ2v) is 10.9. The molecule has 2 fully saturated rings. The number of hydrogen-bond donors (Lipinski definition) is 0. The lowest BCUT2D eigenvalue weighted by Crippen LogP contribution is -2.51. The van der Waals surface area contributed by atoms with E-state index in [9.17, 15) is 17.6 Å². The number of amides is 1. The van der Waals surface area contributed by atoms with Crippen molar-refractivity contribution in [1.82, 2.24) is 14.1 Å². The molecule has 4 rings (SSSR count). The molecule has 2 saturated heterocycles. The van der Waals surface area contributed by atoms with Crippen LogP contribution in [0, 0.1) is 11.7 Å². The number of hydrogen-bond acceptors (Lipinski definition) is 4. The van der Waals surface area contributed by atoms with E-state index in [2.05, 4.69) is 29.2 Å². The van der Waals surface area contributed by atoms with Crippen molar-refractivity contribution in [2.45, 2.75) is 18.6 Å². The summed E-state index contributed by atoms with van der Waals surface area (Å²) in [6.45, 7) is 4.53. The Morgan fingerprint density at radius 2 is 1.56 bits per heavy atom. The normalized spacial score (nSPS) is 19.0. The Bertz CT molecular complexity index is 1090. The van der Waals surface area contributed by atoms with Crippen molar-refractivity contribution in [3.63, 3.8) is 0 Å². The van der Waals surface area contributed by atoms with Gasteiger partial charge < -0.3 is 4.90 Å². The maximum Gasteiger partial charge on any atom is 0.225 e. The number of nitrogens with zero attached hydrogens (tertiary/aromatic N) is 3. The van der Waals surface area contributed by atoms with Crippen LogP contribution in [0.5, 0.6) is 0 Å². The van der Waals surface area contributed by atoms with Crippen molar-refractivity contribution in [2.24, 2.45) is 5.92 Å². The molecule has 0 unspecified atom stereocenters. The van der Waals surface area contributed by atoms with E-state index in [0.717, 1.165) is 19.6 Å². The zero-order valence-corrected chi connectivity index (χ0v) is 20.2. The first kappa shape index (κ1) is 24.6. The number of carbonyl (C=O) groups excluding carboxylic acids is 1. The molecule has 6 nitrogen and oxygen atoms in total. The summed E-state index contributed by atoms with van der Waals surface area (Å²) in [4.78, 5) is 17.3. The van der Waals surface area contributed by atoms with Gasteiger partial charge in [-0.25, -0.2) is 17.1 Å². The molecule has 0 radical (unpaired) electrons. The van der Waals surface area contributed by atoms with Crippen LogP contribution in [0.2, 0.25) is 0 Å². The van der Waals surface area contributed by atoms with Crippen LogP contribution in [0.25, 0.3) is 6.08 Å². The monoisotopic (exact) mass is 485 g/mol. The van der Waals surface area contributed by atoms with Gasteiger partial charge in [-0.2, -0.15) is 0 Å². The molecule has 2 heterocycles. The molecule has 182 valence electrons. The number of benzene rings is 2. The molecule has 2 aromatic carbocycles. The Kier molecular flexibility index (Phi) is 8.13. The number of halogens is 1. The molecular formula is C26H32FN3O3S. The van der Waals surface area contributed by atoms with Gasteiger partial charge >= 0.3 is 0 Å². The molecule has 0 N–H and O–H groups in total. The van der Waals surface area contributed by atoms with E-state index in [-0.39, 0.29) is 23.1 Å². The molecule has 0 saturated carbocycles. The third-order valence-electron chi connectivity index (χ3n) is 6.65. The SMILES string of the molecule is O=C(C1CCN(S(=O)(=O)Cc2ccccc2F)CC1)N1CCN(C/C=C/c2ccccc2)CC1. The average Bonchev–Trinajstić information content (AvgIpc) is 2.86. The Morgan fingerprint density at radius 3 is 2.24 bits per heavy atom. The Labute approximate surface area is 201 Å². The van der Waals surface area contributed by atoms with Gasteiger partial charge in [-0.05, 0) is 24.5 Å². The van der Waals surface area contributed by atoms with E-state index in [4.69, 9.17) is 0 Å². The first-order valence-electron chi connectivity index (χ1n) is 11.9. The summed E-state index contributed by atoms with van der Waals surface area (Å²) in [5.74, 6) is -0.875. The molecule has 0 bridgehead atoms. The summed E-state index contributed by atoms with van der Waals surface area (Å²) in [6, 6.07) is 16.1. The maximum atomic E-state index is 13.9. The van der Waals surface area contributed by atoms with E-state index < -0.39 is 15.8 Å². The number of sulfonamides is 1. The van der Waals surface area contributed by atoms with Gasteiger partial charge in [0.2, 0.25) is 15.9 Å². The largest absolute Gasteiger partial charge is 0.340 e. The quantitative estimate of drug-likeness (QED) is 0.604. The molecule has 2 aromatic rings. The highest BCUT2D eigenvalue weighted by atomic mass is 32.2. The average molecular weight is 486 g/mol. The molecule has 8 heteroatoms. The highest BCUT2D eigenvalue weighted by Gasteiger charge is 2.34. The first-order chi connectivity index (χ1) is 16.4. The fourth-order valence-electron chi connectivity index (χ4n) is 4.60. The Hall–Kier alpha value is -2.55. The lowest BCUT2D eigenvalue weighted by atomic mass is 9.96. The predicted molar refractivity (Wildman–Crippen MR) is 132 cm³/mol. The van der Waals surface area contributed by atoms with E-state index in [1.54, 1.807) is 12.1 Å². The highest BCUT2D eigenvalue weighted by molar-refractivity contribution is 7.88. The molecule has 0 aliphatic carbocycles. The highest BCUT2D eigenvalue weighted by Crippen LogP contribution is 2.24. The smallest absolute Gasteiger partial charge is 0.225 e. The van der Waals surface area contributed by atoms with Crippen molar-refractivity contribution in [3.05, 3.63) is 77.6 Å². The van der Waals surface area contributed by atoms with Gasteiger partial charge in [-0.3, -0.25) is 9.69 Å². The van der Waals surface area contributed by atoms with E-state index in [1.165, 1.54) is 22.0 Å². The fraction of sp³-hybridized carbons (Fsp3) is 0.423. The fourth-order valence-corrected chi connectivity index (χ4v) is 6.17. The maximum absolute atomic E-state index is 13.9. The van der Waals surface area contributed by atoms with Gasteiger partial charge in [0, 0.05) is 57.3 Å². The van der Waals surface area contributed by atoms with Crippen molar-refractivity contribution >= 4 is 22.0 Å². The molecule has 0 aromatic heterocycles. The van der Waals surface area contributed by atoms with Crippen LogP contribution in [0.1, 0.15) is 24.0 Å². The summed E-state index contributed by atoms with van der Waals surface area (Å²) < 4.78 is 40.8. The van der Waals surface area contributed by atoms with Gasteiger partial charge in [0.25, 0.3) is 0 Å². The standard InChI is InChI=1S/C26H32FN3O3S/c27-25-11-5-4-10-24(25)21-34(32,33)30-15-12-23(13-16-30)26(31)29-19-17-28(18-20-29)14-6-9-22-7-2-1-3-8-22/h1-11,23H,12-21H2/b9-6+. The van der Waals surface area contributed by atoms with Crippen LogP contribution in [-0.2, 0) is 20.6 Å². The van der Waals surface area contributed by atoms with Gasteiger partial charge in [0.1, 0.15) is 5.82 Å². The second-order valence-electron chi connectivity index (χ2n) is 8.96. The molecule has 34 heavy (non-hydrogen) atoms. The molecule has 2 aliphatic rings. The molecule has 0 spiro atoms. The Balaban J connectivity index is 1.22. The zero-order chi connectivity index (χ0) is 24.0. The summed E-state index contributed by atoms with van der Waals surface area (Å²) >= 11 is 0. The third-order valence-corrected chi connectivity index (χ3v) is 8.48. The van der Waals surface area contributed by atoms with Crippen molar-refractivity contribution in [3.8, 4) is 0 Å². The van der Waals surface area contributed by atoms with Gasteiger partial charge in [-0.1, -0.05) is 60.7 Å². The molecule has 0 atom stereocenters. The molecule has 1 amide bonds. The minimum atomic E-state index is -3.61. The van der Waals surface area contributed by atoms with Gasteiger partial charge in [-0.15, -0.1) is 0 Å². The van der Waals surface area contributed by atoms with E-state index in [0.29, 0.717) is 39.0 Å². The van der Waals surface area contributed by atoms with Crippen molar-refractivity contribution < 1.29 is 17.6 Å². The molecule has 2 aliphatic heterocycles. The van der Waals surface area contributed by atoms with Crippen LogP contribution >= 0.6 is 0 Å². The predicted octanol–water partition coefficient (Wildman–Crippen LogP) is 3.23.